The lowest BCUT2D eigenvalue weighted by atomic mass is 9.98. The average Bonchev–Trinajstić information content (AvgIpc) is 2.38. The molecule has 0 bridgehead atoms. The van der Waals surface area contributed by atoms with Gasteiger partial charge in [0.15, 0.2) is 5.78 Å². The number of hydrogen-bond acceptors (Lipinski definition) is 3. The molecule has 0 radical (unpaired) electrons. The van der Waals surface area contributed by atoms with Crippen LogP contribution in [0.25, 0.3) is 0 Å². The molecule has 1 aromatic carbocycles. The van der Waals surface area contributed by atoms with E-state index in [2.05, 4.69) is 5.32 Å². The third-order valence-corrected chi connectivity index (χ3v) is 4.42. The molecule has 0 amide bonds. The molecule has 1 aliphatic rings. The number of rotatable bonds is 3. The molecule has 1 unspecified atom stereocenters. The Balaban J connectivity index is 2.10. The Bertz CT molecular complexity index is 496. The molecule has 20 heavy (non-hydrogen) atoms. The predicted octanol–water partition coefficient (Wildman–Crippen LogP) is 3.29. The van der Waals surface area contributed by atoms with Gasteiger partial charge in [-0.1, -0.05) is 6.07 Å². The fourth-order valence-corrected chi connectivity index (χ4v) is 3.19. The Morgan fingerprint density at radius 1 is 1.45 bits per heavy atom. The number of aryl methyl sites for hydroxylation is 1. The van der Waals surface area contributed by atoms with Gasteiger partial charge in [-0.15, -0.1) is 0 Å². The molecule has 1 saturated heterocycles. The largest absolute Gasteiger partial charge is 0.416 e. The molecule has 110 valence electrons. The number of carbonyl (C=O) groups is 1. The molecule has 1 aliphatic heterocycles. The van der Waals surface area contributed by atoms with Crippen molar-refractivity contribution < 1.29 is 18.0 Å². The Kier molecular flexibility index (Phi) is 4.75. The van der Waals surface area contributed by atoms with Crippen molar-refractivity contribution in [3.63, 3.8) is 0 Å². The van der Waals surface area contributed by atoms with Crippen molar-refractivity contribution in [2.75, 3.05) is 18.1 Å². The highest BCUT2D eigenvalue weighted by Gasteiger charge is 2.31. The van der Waals surface area contributed by atoms with Crippen LogP contribution in [0.3, 0.4) is 0 Å². The van der Waals surface area contributed by atoms with Gasteiger partial charge < -0.3 is 5.32 Å². The second-order valence-electron chi connectivity index (χ2n) is 4.88. The van der Waals surface area contributed by atoms with Crippen LogP contribution in [0.15, 0.2) is 18.2 Å². The van der Waals surface area contributed by atoms with E-state index in [1.54, 1.807) is 18.7 Å². The first-order valence-corrected chi connectivity index (χ1v) is 7.55. The van der Waals surface area contributed by atoms with Crippen LogP contribution in [0.1, 0.15) is 27.9 Å². The van der Waals surface area contributed by atoms with Gasteiger partial charge >= 0.3 is 6.18 Å². The molecule has 0 aromatic heterocycles. The fraction of sp³-hybridized carbons (Fsp3) is 0.500. The summed E-state index contributed by atoms with van der Waals surface area (Å²) in [6.07, 6.45) is -4.03. The van der Waals surface area contributed by atoms with Gasteiger partial charge in [-0.3, -0.25) is 4.79 Å². The summed E-state index contributed by atoms with van der Waals surface area (Å²) in [7, 11) is 0. The van der Waals surface area contributed by atoms with E-state index in [4.69, 9.17) is 0 Å². The Morgan fingerprint density at radius 3 is 2.75 bits per heavy atom. The lowest BCUT2D eigenvalue weighted by Gasteiger charge is -2.22. The summed E-state index contributed by atoms with van der Waals surface area (Å²) in [6.45, 7) is 2.42. The van der Waals surface area contributed by atoms with Gasteiger partial charge in [-0.05, 0) is 24.6 Å². The van der Waals surface area contributed by atoms with Crippen LogP contribution in [0.4, 0.5) is 13.2 Å². The van der Waals surface area contributed by atoms with E-state index >= 15 is 0 Å². The molecule has 6 heteroatoms. The molecule has 2 rings (SSSR count). The van der Waals surface area contributed by atoms with Crippen LogP contribution in [0.5, 0.6) is 0 Å². The van der Waals surface area contributed by atoms with Gasteiger partial charge in [0.25, 0.3) is 0 Å². The van der Waals surface area contributed by atoms with E-state index in [0.717, 1.165) is 30.2 Å². The van der Waals surface area contributed by atoms with Crippen LogP contribution in [0.2, 0.25) is 0 Å². The summed E-state index contributed by atoms with van der Waals surface area (Å²) in [5.41, 5.74) is 0.0570. The maximum Gasteiger partial charge on any atom is 0.416 e. The van der Waals surface area contributed by atoms with Crippen molar-refractivity contribution in [1.29, 1.82) is 0 Å². The Hall–Kier alpha value is -1.01. The zero-order valence-corrected chi connectivity index (χ0v) is 11.9. The summed E-state index contributed by atoms with van der Waals surface area (Å²) in [5, 5.41) is 3.25. The molecule has 1 atom stereocenters. The Morgan fingerprint density at radius 2 is 2.20 bits per heavy atom. The van der Waals surface area contributed by atoms with E-state index in [1.807, 2.05) is 0 Å². The number of halogens is 3. The molecular weight excluding hydrogens is 287 g/mol. The molecular formula is C14H16F3NOS. The molecule has 1 heterocycles. The second-order valence-corrected chi connectivity index (χ2v) is 6.03. The van der Waals surface area contributed by atoms with Crippen molar-refractivity contribution in [1.82, 2.24) is 5.32 Å². The molecule has 0 saturated carbocycles. The monoisotopic (exact) mass is 303 g/mol. The van der Waals surface area contributed by atoms with Gasteiger partial charge in [0, 0.05) is 36.1 Å². The highest BCUT2D eigenvalue weighted by Crippen LogP contribution is 2.30. The van der Waals surface area contributed by atoms with Crippen LogP contribution in [-0.4, -0.2) is 29.9 Å². The van der Waals surface area contributed by atoms with Crippen molar-refractivity contribution in [3.05, 3.63) is 34.9 Å². The first kappa shape index (κ1) is 15.4. The van der Waals surface area contributed by atoms with Crippen molar-refractivity contribution >= 4 is 17.5 Å². The number of benzene rings is 1. The Labute approximate surface area is 120 Å². The minimum absolute atomic E-state index is 0.101. The molecule has 1 N–H and O–H groups in total. The lowest BCUT2D eigenvalue weighted by molar-refractivity contribution is -0.137. The van der Waals surface area contributed by atoms with Crippen LogP contribution >= 0.6 is 11.8 Å². The van der Waals surface area contributed by atoms with Gasteiger partial charge in [0.05, 0.1) is 5.56 Å². The summed E-state index contributed by atoms with van der Waals surface area (Å²) in [5.74, 6) is 1.80. The first-order chi connectivity index (χ1) is 9.38. The zero-order valence-electron chi connectivity index (χ0n) is 11.1. The maximum absolute atomic E-state index is 12.6. The van der Waals surface area contributed by atoms with Crippen LogP contribution < -0.4 is 5.32 Å². The maximum atomic E-state index is 12.6. The average molecular weight is 303 g/mol. The van der Waals surface area contributed by atoms with Crippen LogP contribution in [-0.2, 0) is 6.18 Å². The number of nitrogens with one attached hydrogen (secondary N) is 1. The van der Waals surface area contributed by atoms with E-state index in [-0.39, 0.29) is 11.8 Å². The molecule has 0 spiro atoms. The summed E-state index contributed by atoms with van der Waals surface area (Å²) in [4.78, 5) is 12.2. The smallest absolute Gasteiger partial charge is 0.312 e. The number of carbonyl (C=O) groups excluding carboxylic acids is 1. The first-order valence-electron chi connectivity index (χ1n) is 6.40. The minimum Gasteiger partial charge on any atom is -0.312 e. The summed E-state index contributed by atoms with van der Waals surface area (Å²) < 4.78 is 37.7. The SMILES string of the molecule is Cc1cc(C(F)(F)F)ccc1C(=O)CC1CSCCN1. The lowest BCUT2D eigenvalue weighted by Crippen LogP contribution is -2.38. The molecule has 2 nitrogen and oxygen atoms in total. The number of thioether (sulfide) groups is 1. The normalized spacial score (nSPS) is 19.9. The fourth-order valence-electron chi connectivity index (χ4n) is 2.24. The summed E-state index contributed by atoms with van der Waals surface area (Å²) in [6, 6.07) is 3.42. The molecule has 1 fully saturated rings. The third-order valence-electron chi connectivity index (χ3n) is 3.28. The molecule has 0 aliphatic carbocycles. The number of Topliss-reactive ketones (excluding diaryl/α,β-unsaturated/α-hetero) is 1. The van der Waals surface area contributed by atoms with E-state index in [1.165, 1.54) is 6.07 Å². The van der Waals surface area contributed by atoms with Crippen molar-refractivity contribution in [2.45, 2.75) is 25.6 Å². The van der Waals surface area contributed by atoms with Crippen molar-refractivity contribution in [2.24, 2.45) is 0 Å². The predicted molar refractivity (Wildman–Crippen MR) is 74.2 cm³/mol. The van der Waals surface area contributed by atoms with E-state index in [0.29, 0.717) is 17.5 Å². The standard InChI is InChI=1S/C14H16F3NOS/c1-9-6-10(14(15,16)17)2-3-12(9)13(19)7-11-8-20-5-4-18-11/h2-3,6,11,18H,4-5,7-8H2,1H3. The number of alkyl halides is 3. The van der Waals surface area contributed by atoms with E-state index in [9.17, 15) is 18.0 Å². The zero-order chi connectivity index (χ0) is 14.8. The van der Waals surface area contributed by atoms with Gasteiger partial charge in [-0.2, -0.15) is 24.9 Å². The highest BCUT2D eigenvalue weighted by molar-refractivity contribution is 7.99. The highest BCUT2D eigenvalue weighted by atomic mass is 32.2. The quantitative estimate of drug-likeness (QED) is 0.869. The van der Waals surface area contributed by atoms with Gasteiger partial charge in [-0.25, -0.2) is 0 Å². The third kappa shape index (κ3) is 3.76. The van der Waals surface area contributed by atoms with Crippen LogP contribution in [0, 0.1) is 6.92 Å². The van der Waals surface area contributed by atoms with Gasteiger partial charge in [0.1, 0.15) is 0 Å². The second kappa shape index (κ2) is 6.18. The number of ketones is 1. The van der Waals surface area contributed by atoms with Crippen molar-refractivity contribution in [3.8, 4) is 0 Å². The number of hydrogen-bond donors (Lipinski definition) is 1. The topological polar surface area (TPSA) is 29.1 Å². The minimum atomic E-state index is -4.37. The van der Waals surface area contributed by atoms with Gasteiger partial charge in [0.2, 0.25) is 0 Å². The summed E-state index contributed by atoms with van der Waals surface area (Å²) >= 11 is 1.79. The molecule has 1 aromatic rings. The van der Waals surface area contributed by atoms with E-state index < -0.39 is 11.7 Å².